The van der Waals surface area contributed by atoms with E-state index < -0.39 is 0 Å². The standard InChI is InChI=1S/C15H22Cl2N2/c1-15(2,19-9-4-5-10-19)14(18-3)11-7-6-8-12(16)13(11)17/h6-8,14,18H,4-5,9-10H2,1-3H3. The van der Waals surface area contributed by atoms with E-state index in [1.165, 1.54) is 12.8 Å². The van der Waals surface area contributed by atoms with Gasteiger partial charge in [0.05, 0.1) is 16.1 Å². The highest BCUT2D eigenvalue weighted by molar-refractivity contribution is 6.42. The molecule has 0 aliphatic carbocycles. The number of halogens is 2. The fourth-order valence-electron chi connectivity index (χ4n) is 3.11. The average molecular weight is 301 g/mol. The molecule has 0 bridgehead atoms. The molecule has 1 unspecified atom stereocenters. The molecule has 1 aromatic carbocycles. The van der Waals surface area contributed by atoms with Gasteiger partial charge in [-0.3, -0.25) is 4.90 Å². The second kappa shape index (κ2) is 6.01. The molecule has 106 valence electrons. The Morgan fingerprint density at radius 1 is 1.21 bits per heavy atom. The summed E-state index contributed by atoms with van der Waals surface area (Å²) in [6, 6.07) is 6.03. The Morgan fingerprint density at radius 3 is 2.42 bits per heavy atom. The van der Waals surface area contributed by atoms with Crippen molar-refractivity contribution in [1.29, 1.82) is 0 Å². The van der Waals surface area contributed by atoms with Crippen molar-refractivity contribution in [2.24, 2.45) is 0 Å². The Labute approximate surface area is 126 Å². The minimum absolute atomic E-state index is 0.0135. The number of likely N-dealkylation sites (tertiary alicyclic amines) is 1. The molecule has 0 spiro atoms. The molecule has 1 aromatic rings. The van der Waals surface area contributed by atoms with Crippen LogP contribution >= 0.6 is 23.2 Å². The second-order valence-corrected chi connectivity index (χ2v) is 6.50. The number of likely N-dealkylation sites (N-methyl/N-ethyl adjacent to an activating group) is 1. The van der Waals surface area contributed by atoms with Crippen molar-refractivity contribution in [1.82, 2.24) is 10.2 Å². The molecule has 2 nitrogen and oxygen atoms in total. The molecule has 2 rings (SSSR count). The Balaban J connectivity index is 2.35. The van der Waals surface area contributed by atoms with Crippen LogP contribution < -0.4 is 5.32 Å². The number of nitrogens with zero attached hydrogens (tertiary/aromatic N) is 1. The maximum absolute atomic E-state index is 6.39. The molecule has 1 saturated heterocycles. The first kappa shape index (κ1) is 15.1. The van der Waals surface area contributed by atoms with E-state index in [0.717, 1.165) is 18.7 Å². The Hall–Kier alpha value is -0.280. The van der Waals surface area contributed by atoms with E-state index in [1.807, 2.05) is 19.2 Å². The molecule has 0 amide bonds. The van der Waals surface area contributed by atoms with E-state index in [9.17, 15) is 0 Å². The van der Waals surface area contributed by atoms with E-state index >= 15 is 0 Å². The minimum Gasteiger partial charge on any atom is -0.311 e. The van der Waals surface area contributed by atoms with Crippen molar-refractivity contribution < 1.29 is 0 Å². The molecule has 1 fully saturated rings. The van der Waals surface area contributed by atoms with Gasteiger partial charge in [-0.2, -0.15) is 0 Å². The monoisotopic (exact) mass is 300 g/mol. The summed E-state index contributed by atoms with van der Waals surface area (Å²) < 4.78 is 0. The largest absolute Gasteiger partial charge is 0.311 e. The van der Waals surface area contributed by atoms with Crippen molar-refractivity contribution in [3.05, 3.63) is 33.8 Å². The molecule has 4 heteroatoms. The zero-order chi connectivity index (χ0) is 14.0. The quantitative estimate of drug-likeness (QED) is 0.899. The van der Waals surface area contributed by atoms with E-state index in [2.05, 4.69) is 30.1 Å². The molecule has 1 atom stereocenters. The molecule has 0 saturated carbocycles. The number of hydrogen-bond donors (Lipinski definition) is 1. The number of nitrogens with one attached hydrogen (secondary N) is 1. The van der Waals surface area contributed by atoms with Crippen LogP contribution in [0.25, 0.3) is 0 Å². The molecule has 1 heterocycles. The van der Waals surface area contributed by atoms with E-state index in [4.69, 9.17) is 23.2 Å². The highest BCUT2D eigenvalue weighted by atomic mass is 35.5. The first-order valence-electron chi connectivity index (χ1n) is 6.84. The van der Waals surface area contributed by atoms with Gasteiger partial charge in [0.15, 0.2) is 0 Å². The molecule has 1 N–H and O–H groups in total. The summed E-state index contributed by atoms with van der Waals surface area (Å²) in [5, 5.41) is 4.70. The molecular formula is C15H22Cl2N2. The van der Waals surface area contributed by atoms with Gasteiger partial charge in [0.2, 0.25) is 0 Å². The summed E-state index contributed by atoms with van der Waals surface area (Å²) in [4.78, 5) is 2.53. The van der Waals surface area contributed by atoms with Gasteiger partial charge in [0.25, 0.3) is 0 Å². The third kappa shape index (κ3) is 2.92. The van der Waals surface area contributed by atoms with Crippen LogP contribution in [0.2, 0.25) is 10.0 Å². The zero-order valence-electron chi connectivity index (χ0n) is 11.8. The summed E-state index contributed by atoms with van der Waals surface area (Å²) in [5.41, 5.74) is 1.09. The van der Waals surface area contributed by atoms with Crippen LogP contribution in [0.4, 0.5) is 0 Å². The van der Waals surface area contributed by atoms with Gasteiger partial charge in [-0.05, 0) is 58.5 Å². The van der Waals surface area contributed by atoms with Gasteiger partial charge in [-0.1, -0.05) is 35.3 Å². The highest BCUT2D eigenvalue weighted by Gasteiger charge is 2.37. The van der Waals surface area contributed by atoms with Gasteiger partial charge < -0.3 is 5.32 Å². The maximum Gasteiger partial charge on any atom is 0.0640 e. The summed E-state index contributed by atoms with van der Waals surface area (Å²) >= 11 is 12.5. The van der Waals surface area contributed by atoms with Gasteiger partial charge >= 0.3 is 0 Å². The van der Waals surface area contributed by atoms with Gasteiger partial charge in [-0.15, -0.1) is 0 Å². The summed E-state index contributed by atoms with van der Waals surface area (Å²) in [5.74, 6) is 0. The van der Waals surface area contributed by atoms with Crippen LogP contribution in [0.15, 0.2) is 18.2 Å². The van der Waals surface area contributed by atoms with E-state index in [1.54, 1.807) is 0 Å². The third-order valence-electron chi connectivity index (χ3n) is 4.21. The number of benzene rings is 1. The molecular weight excluding hydrogens is 279 g/mol. The number of rotatable bonds is 4. The van der Waals surface area contributed by atoms with Gasteiger partial charge in [-0.25, -0.2) is 0 Å². The van der Waals surface area contributed by atoms with Gasteiger partial charge in [0, 0.05) is 5.54 Å². The number of hydrogen-bond acceptors (Lipinski definition) is 2. The Kier molecular flexibility index (Phi) is 4.78. The highest BCUT2D eigenvalue weighted by Crippen LogP contribution is 2.38. The van der Waals surface area contributed by atoms with Crippen molar-refractivity contribution in [3.63, 3.8) is 0 Å². The van der Waals surface area contributed by atoms with Crippen LogP contribution in [0.5, 0.6) is 0 Å². The smallest absolute Gasteiger partial charge is 0.0640 e. The van der Waals surface area contributed by atoms with Crippen LogP contribution in [-0.2, 0) is 0 Å². The minimum atomic E-state index is 0.0135. The third-order valence-corrected chi connectivity index (χ3v) is 5.04. The molecule has 0 aromatic heterocycles. The van der Waals surface area contributed by atoms with Crippen LogP contribution in [0, 0.1) is 0 Å². The van der Waals surface area contributed by atoms with Crippen LogP contribution in [0.1, 0.15) is 38.3 Å². The fraction of sp³-hybridized carbons (Fsp3) is 0.600. The van der Waals surface area contributed by atoms with Crippen LogP contribution in [-0.4, -0.2) is 30.6 Å². The van der Waals surface area contributed by atoms with Crippen molar-refractivity contribution in [2.75, 3.05) is 20.1 Å². The predicted octanol–water partition coefficient (Wildman–Crippen LogP) is 4.13. The first-order chi connectivity index (χ1) is 8.98. The SMILES string of the molecule is CNC(c1cccc(Cl)c1Cl)C(C)(C)N1CCCC1. The molecule has 0 radical (unpaired) electrons. The lowest BCUT2D eigenvalue weighted by atomic mass is 9.87. The lowest BCUT2D eigenvalue weighted by Crippen LogP contribution is -2.50. The zero-order valence-corrected chi connectivity index (χ0v) is 13.4. The van der Waals surface area contributed by atoms with Crippen LogP contribution in [0.3, 0.4) is 0 Å². The van der Waals surface area contributed by atoms with E-state index in [-0.39, 0.29) is 11.6 Å². The van der Waals surface area contributed by atoms with Crippen molar-refractivity contribution in [3.8, 4) is 0 Å². The summed E-state index contributed by atoms with van der Waals surface area (Å²) in [6.45, 7) is 6.86. The van der Waals surface area contributed by atoms with Gasteiger partial charge in [0.1, 0.15) is 0 Å². The van der Waals surface area contributed by atoms with E-state index in [0.29, 0.717) is 10.0 Å². The summed E-state index contributed by atoms with van der Waals surface area (Å²) in [7, 11) is 1.99. The fourth-order valence-corrected chi connectivity index (χ4v) is 3.53. The average Bonchev–Trinajstić information content (AvgIpc) is 2.89. The normalized spacial score (nSPS) is 18.8. The molecule has 1 aliphatic heterocycles. The lowest BCUT2D eigenvalue weighted by Gasteiger charge is -2.42. The predicted molar refractivity (Wildman–Crippen MR) is 83.1 cm³/mol. The van der Waals surface area contributed by atoms with Crippen molar-refractivity contribution >= 4 is 23.2 Å². The first-order valence-corrected chi connectivity index (χ1v) is 7.60. The lowest BCUT2D eigenvalue weighted by molar-refractivity contribution is 0.110. The summed E-state index contributed by atoms with van der Waals surface area (Å²) in [6.07, 6.45) is 2.56. The Bertz CT molecular complexity index is 440. The maximum atomic E-state index is 6.39. The van der Waals surface area contributed by atoms with Crippen molar-refractivity contribution in [2.45, 2.75) is 38.3 Å². The Morgan fingerprint density at radius 2 is 1.84 bits per heavy atom. The molecule has 19 heavy (non-hydrogen) atoms. The topological polar surface area (TPSA) is 15.3 Å². The second-order valence-electron chi connectivity index (χ2n) is 5.71. The molecule has 1 aliphatic rings.